The Morgan fingerprint density at radius 2 is 2.07 bits per heavy atom. The summed E-state index contributed by atoms with van der Waals surface area (Å²) in [5.41, 5.74) is 0.772. The Morgan fingerprint density at radius 3 is 2.73 bits per heavy atom. The molecule has 1 aromatic heterocycles. The number of hydrogen-bond acceptors (Lipinski definition) is 3. The van der Waals surface area contributed by atoms with Crippen LogP contribution < -0.4 is 0 Å². The van der Waals surface area contributed by atoms with Gasteiger partial charge in [-0.2, -0.15) is 0 Å². The molecule has 0 spiro atoms. The first-order valence-corrected chi connectivity index (χ1v) is 5.93. The van der Waals surface area contributed by atoms with E-state index in [1.807, 2.05) is 0 Å². The van der Waals surface area contributed by atoms with Crippen molar-refractivity contribution >= 4 is 0 Å². The highest BCUT2D eigenvalue weighted by Gasteiger charge is 2.66. The zero-order valence-electron chi connectivity index (χ0n) is 8.60. The first kappa shape index (κ1) is 8.34. The Hall–Kier alpha value is -0.830. The van der Waals surface area contributed by atoms with Gasteiger partial charge in [0.15, 0.2) is 6.39 Å². The Kier molecular flexibility index (Phi) is 1.47. The number of rotatable bonds is 2. The van der Waals surface area contributed by atoms with Crippen molar-refractivity contribution in [2.45, 2.75) is 31.8 Å². The van der Waals surface area contributed by atoms with E-state index in [1.165, 1.54) is 25.7 Å². The average Bonchev–Trinajstić information content (AvgIpc) is 2.72. The molecule has 1 N–H and O–H groups in total. The summed E-state index contributed by atoms with van der Waals surface area (Å²) in [6, 6.07) is 0. The highest BCUT2D eigenvalue weighted by molar-refractivity contribution is 5.28. The first-order valence-electron chi connectivity index (χ1n) is 5.93. The van der Waals surface area contributed by atoms with E-state index in [1.54, 1.807) is 0 Å². The van der Waals surface area contributed by atoms with Crippen molar-refractivity contribution < 1.29 is 9.52 Å². The molecule has 0 amide bonds. The Morgan fingerprint density at radius 1 is 1.33 bits per heavy atom. The van der Waals surface area contributed by atoms with E-state index >= 15 is 0 Å². The number of oxazole rings is 1. The molecule has 80 valence electrons. The molecule has 3 aliphatic rings. The van der Waals surface area contributed by atoms with E-state index in [0.717, 1.165) is 35.1 Å². The highest BCUT2D eigenvalue weighted by atomic mass is 16.3. The lowest BCUT2D eigenvalue weighted by molar-refractivity contribution is 0.273. The average molecular weight is 205 g/mol. The summed E-state index contributed by atoms with van der Waals surface area (Å²) < 4.78 is 5.47. The maximum atomic E-state index is 9.17. The van der Waals surface area contributed by atoms with Gasteiger partial charge in [0.25, 0.3) is 0 Å². The van der Waals surface area contributed by atoms with Crippen LogP contribution in [0.15, 0.2) is 10.8 Å². The molecule has 1 heterocycles. The highest BCUT2D eigenvalue weighted by Crippen LogP contribution is 2.73. The van der Waals surface area contributed by atoms with Crippen LogP contribution in [0, 0.1) is 23.7 Å². The summed E-state index contributed by atoms with van der Waals surface area (Å²) in [5.74, 6) is 5.21. The van der Waals surface area contributed by atoms with E-state index < -0.39 is 0 Å². The lowest BCUT2D eigenvalue weighted by Gasteiger charge is -2.06. The largest absolute Gasteiger partial charge is 0.448 e. The zero-order valence-corrected chi connectivity index (χ0v) is 8.60. The van der Waals surface area contributed by atoms with Gasteiger partial charge in [0.2, 0.25) is 0 Å². The maximum Gasteiger partial charge on any atom is 0.181 e. The Balaban J connectivity index is 1.67. The van der Waals surface area contributed by atoms with Gasteiger partial charge < -0.3 is 9.52 Å². The molecule has 0 saturated heterocycles. The number of nitrogens with zero attached hydrogens (tertiary/aromatic N) is 1. The minimum Gasteiger partial charge on any atom is -0.448 e. The molecule has 4 atom stereocenters. The molecule has 15 heavy (non-hydrogen) atoms. The summed E-state index contributed by atoms with van der Waals surface area (Å²) in [4.78, 5) is 4.08. The van der Waals surface area contributed by atoms with Crippen LogP contribution in [0.5, 0.6) is 0 Å². The van der Waals surface area contributed by atoms with Crippen molar-refractivity contribution in [3.05, 3.63) is 17.8 Å². The van der Waals surface area contributed by atoms with Crippen LogP contribution >= 0.6 is 0 Å². The van der Waals surface area contributed by atoms with E-state index in [2.05, 4.69) is 4.98 Å². The van der Waals surface area contributed by atoms with Gasteiger partial charge in [-0.3, -0.25) is 0 Å². The standard InChI is InChI=1S/C12H15NO2/c14-4-8-12(15-5-13-8)11-9-6-1-2-7(3-6)10(9)11/h5-7,9-11,14H,1-4H2. The second-order valence-electron chi connectivity index (χ2n) is 5.34. The van der Waals surface area contributed by atoms with Crippen LogP contribution in [-0.4, -0.2) is 10.1 Å². The van der Waals surface area contributed by atoms with Crippen LogP contribution in [-0.2, 0) is 6.61 Å². The summed E-state index contributed by atoms with van der Waals surface area (Å²) >= 11 is 0. The second kappa shape index (κ2) is 2.64. The first-order chi connectivity index (χ1) is 7.40. The molecule has 3 aliphatic carbocycles. The lowest BCUT2D eigenvalue weighted by Crippen LogP contribution is -1.99. The predicted octanol–water partition coefficient (Wildman–Crippen LogP) is 1.93. The van der Waals surface area contributed by atoms with Crippen molar-refractivity contribution in [1.82, 2.24) is 4.98 Å². The normalized spacial score (nSPS) is 45.8. The molecule has 3 fully saturated rings. The van der Waals surface area contributed by atoms with Gasteiger partial charge in [0, 0.05) is 5.92 Å². The molecular weight excluding hydrogens is 190 g/mol. The molecule has 0 aliphatic heterocycles. The van der Waals surface area contributed by atoms with Crippen LogP contribution in [0.25, 0.3) is 0 Å². The third-order valence-electron chi connectivity index (χ3n) is 4.86. The fourth-order valence-corrected chi connectivity index (χ4v) is 4.34. The summed E-state index contributed by atoms with van der Waals surface area (Å²) in [6.45, 7) is 0.0249. The SMILES string of the molecule is OCc1ncoc1C1C2C3CCC(C3)C12. The fourth-order valence-electron chi connectivity index (χ4n) is 4.34. The van der Waals surface area contributed by atoms with Gasteiger partial charge >= 0.3 is 0 Å². The van der Waals surface area contributed by atoms with Gasteiger partial charge in [-0.1, -0.05) is 0 Å². The molecule has 4 unspecified atom stereocenters. The Bertz CT molecular complexity index is 384. The minimum absolute atomic E-state index is 0.0249. The molecular formula is C12H15NO2. The molecule has 1 aromatic rings. The van der Waals surface area contributed by atoms with Crippen molar-refractivity contribution in [1.29, 1.82) is 0 Å². The lowest BCUT2D eigenvalue weighted by atomic mass is 10.0. The topological polar surface area (TPSA) is 46.3 Å². The third-order valence-corrected chi connectivity index (χ3v) is 4.86. The van der Waals surface area contributed by atoms with E-state index in [9.17, 15) is 5.11 Å². The van der Waals surface area contributed by atoms with Gasteiger partial charge in [-0.25, -0.2) is 4.98 Å². The number of fused-ring (bicyclic) bond motifs is 5. The second-order valence-corrected chi connectivity index (χ2v) is 5.34. The van der Waals surface area contributed by atoms with Crippen LogP contribution in [0.2, 0.25) is 0 Å². The smallest absolute Gasteiger partial charge is 0.181 e. The third kappa shape index (κ3) is 0.924. The van der Waals surface area contributed by atoms with Gasteiger partial charge in [0.1, 0.15) is 11.5 Å². The summed E-state index contributed by atoms with van der Waals surface area (Å²) in [7, 11) is 0. The van der Waals surface area contributed by atoms with Crippen molar-refractivity contribution in [2.75, 3.05) is 0 Å². The molecule has 0 aromatic carbocycles. The van der Waals surface area contributed by atoms with Crippen LogP contribution in [0.3, 0.4) is 0 Å². The van der Waals surface area contributed by atoms with Crippen LogP contribution in [0.1, 0.15) is 36.6 Å². The Labute approximate surface area is 88.5 Å². The van der Waals surface area contributed by atoms with Crippen molar-refractivity contribution in [3.8, 4) is 0 Å². The summed E-state index contributed by atoms with van der Waals surface area (Å²) in [6.07, 6.45) is 5.78. The monoisotopic (exact) mass is 205 g/mol. The molecule has 4 rings (SSSR count). The number of aliphatic hydroxyl groups excluding tert-OH is 1. The molecule has 0 radical (unpaired) electrons. The van der Waals surface area contributed by atoms with Gasteiger partial charge in [-0.05, 0) is 42.9 Å². The fraction of sp³-hybridized carbons (Fsp3) is 0.750. The van der Waals surface area contributed by atoms with Crippen LogP contribution in [0.4, 0.5) is 0 Å². The molecule has 2 bridgehead atoms. The minimum atomic E-state index is 0.0249. The summed E-state index contributed by atoms with van der Waals surface area (Å²) in [5, 5.41) is 9.17. The molecule has 3 nitrogen and oxygen atoms in total. The van der Waals surface area contributed by atoms with Gasteiger partial charge in [-0.15, -0.1) is 0 Å². The molecule has 3 heteroatoms. The zero-order chi connectivity index (χ0) is 9.99. The van der Waals surface area contributed by atoms with Crippen molar-refractivity contribution in [2.24, 2.45) is 23.7 Å². The number of aromatic nitrogens is 1. The number of aliphatic hydroxyl groups is 1. The van der Waals surface area contributed by atoms with E-state index in [4.69, 9.17) is 4.42 Å². The quantitative estimate of drug-likeness (QED) is 0.802. The maximum absolute atomic E-state index is 9.17. The van der Waals surface area contributed by atoms with Gasteiger partial charge in [0.05, 0.1) is 6.61 Å². The van der Waals surface area contributed by atoms with Crippen molar-refractivity contribution in [3.63, 3.8) is 0 Å². The molecule has 3 saturated carbocycles. The number of hydrogen-bond donors (Lipinski definition) is 1. The van der Waals surface area contributed by atoms with E-state index in [0.29, 0.717) is 5.92 Å². The van der Waals surface area contributed by atoms with E-state index in [-0.39, 0.29) is 6.61 Å². The predicted molar refractivity (Wildman–Crippen MR) is 53.0 cm³/mol.